The van der Waals surface area contributed by atoms with E-state index >= 15 is 0 Å². The van der Waals surface area contributed by atoms with Crippen LogP contribution in [0.4, 0.5) is 0 Å². The number of hydrogen-bond donors (Lipinski definition) is 2. The smallest absolute Gasteiger partial charge is 0.174 e. The molecule has 102 valence electrons. The Balaban J connectivity index is 2.55. The monoisotopic (exact) mass is 378 g/mol. The molecule has 0 fully saturated rings. The van der Waals surface area contributed by atoms with Crippen molar-refractivity contribution in [3.8, 4) is 11.5 Å². The minimum atomic E-state index is -1.85. The first-order valence-electron chi connectivity index (χ1n) is 4.99. The summed E-state index contributed by atoms with van der Waals surface area (Å²) in [7, 11) is 0. The average Bonchev–Trinajstić information content (AvgIpc) is 2.55. The van der Waals surface area contributed by atoms with Gasteiger partial charge in [-0.3, -0.25) is 0 Å². The molecule has 0 spiro atoms. The third-order valence-electron chi connectivity index (χ3n) is 3.51. The minimum absolute atomic E-state index is 0.0655. The molecule has 2 aliphatic carbocycles. The summed E-state index contributed by atoms with van der Waals surface area (Å²) in [6, 6.07) is 2.50. The first-order chi connectivity index (χ1) is 8.61. The highest BCUT2D eigenvalue weighted by molar-refractivity contribution is 6.65. The number of allylic oxidation sites excluding steroid dienone is 2. The number of alkyl halides is 4. The molecule has 2 nitrogen and oxygen atoms in total. The highest BCUT2D eigenvalue weighted by Gasteiger charge is 2.78. The molecule has 1 aromatic rings. The van der Waals surface area contributed by atoms with E-state index < -0.39 is 14.1 Å². The van der Waals surface area contributed by atoms with Crippen LogP contribution in [0.15, 0.2) is 22.2 Å². The minimum Gasteiger partial charge on any atom is -0.508 e. The summed E-state index contributed by atoms with van der Waals surface area (Å²) >= 11 is 37.6. The predicted octanol–water partition coefficient (Wildman–Crippen LogP) is 4.86. The second-order valence-corrected chi connectivity index (χ2v) is 7.59. The van der Waals surface area contributed by atoms with E-state index in [1.807, 2.05) is 0 Å². The van der Waals surface area contributed by atoms with Crippen LogP contribution in [0.25, 0.3) is 0 Å². The maximum absolute atomic E-state index is 10.00. The number of fused-ring (bicyclic) bond motifs is 5. The normalized spacial score (nSPS) is 34.8. The van der Waals surface area contributed by atoms with Crippen molar-refractivity contribution in [2.75, 3.05) is 0 Å². The number of halogens is 6. The van der Waals surface area contributed by atoms with Gasteiger partial charge in [0.25, 0.3) is 0 Å². The van der Waals surface area contributed by atoms with Crippen molar-refractivity contribution < 1.29 is 10.2 Å². The molecule has 1 aromatic carbocycles. The molecular formula is C11H4Cl6O2. The van der Waals surface area contributed by atoms with E-state index in [0.29, 0.717) is 0 Å². The summed E-state index contributed by atoms with van der Waals surface area (Å²) in [5.41, 5.74) is 0.145. The lowest BCUT2D eigenvalue weighted by molar-refractivity contribution is 0.448. The van der Waals surface area contributed by atoms with Crippen LogP contribution >= 0.6 is 69.6 Å². The Morgan fingerprint density at radius 3 is 1.37 bits per heavy atom. The summed E-state index contributed by atoms with van der Waals surface area (Å²) in [5, 5.41) is 19.9. The summed E-state index contributed by atoms with van der Waals surface area (Å²) in [6.07, 6.45) is 0. The lowest BCUT2D eigenvalue weighted by atomic mass is 9.94. The van der Waals surface area contributed by atoms with Gasteiger partial charge in [0.1, 0.15) is 21.2 Å². The summed E-state index contributed by atoms with van der Waals surface area (Å²) in [5.74, 6) is -0.448. The maximum Gasteiger partial charge on any atom is 0.174 e. The molecule has 0 aromatic heterocycles. The molecular weight excluding hydrogens is 377 g/mol. The van der Waals surface area contributed by atoms with E-state index in [9.17, 15) is 10.2 Å². The number of phenolic OH excluding ortho intramolecular Hbond substituents is 2. The molecule has 8 heteroatoms. The van der Waals surface area contributed by atoms with Gasteiger partial charge in [-0.15, -0.1) is 23.2 Å². The fourth-order valence-electron chi connectivity index (χ4n) is 2.63. The van der Waals surface area contributed by atoms with Gasteiger partial charge in [0.15, 0.2) is 4.33 Å². The Labute approximate surface area is 138 Å². The van der Waals surface area contributed by atoms with Gasteiger partial charge in [-0.1, -0.05) is 46.4 Å². The zero-order chi connectivity index (χ0) is 14.4. The van der Waals surface area contributed by atoms with Crippen molar-refractivity contribution in [2.45, 2.75) is 14.1 Å². The Morgan fingerprint density at radius 2 is 1.05 bits per heavy atom. The SMILES string of the molecule is Oc1ccc(O)c2c1[C@]1(Cl)C(Cl)=C(Cl)[C@]2(Cl)C1(Cl)Cl. The first-order valence-corrected chi connectivity index (χ1v) is 7.26. The maximum atomic E-state index is 10.00. The van der Waals surface area contributed by atoms with Crippen LogP contribution < -0.4 is 0 Å². The molecule has 0 heterocycles. The predicted molar refractivity (Wildman–Crippen MR) is 78.0 cm³/mol. The van der Waals surface area contributed by atoms with Crippen molar-refractivity contribution in [3.63, 3.8) is 0 Å². The van der Waals surface area contributed by atoms with Crippen LogP contribution in [-0.2, 0) is 9.75 Å². The Morgan fingerprint density at radius 1 is 0.737 bits per heavy atom. The second kappa shape index (κ2) is 3.73. The Kier molecular flexibility index (Phi) is 2.80. The quantitative estimate of drug-likeness (QED) is 0.498. The van der Waals surface area contributed by atoms with Gasteiger partial charge in [-0.2, -0.15) is 0 Å². The van der Waals surface area contributed by atoms with Crippen LogP contribution in [0.2, 0.25) is 0 Å². The van der Waals surface area contributed by atoms with Crippen LogP contribution in [0.3, 0.4) is 0 Å². The molecule has 0 saturated carbocycles. The molecule has 2 aliphatic rings. The van der Waals surface area contributed by atoms with Gasteiger partial charge in [-0.25, -0.2) is 0 Å². The van der Waals surface area contributed by atoms with E-state index in [-0.39, 0.29) is 32.7 Å². The van der Waals surface area contributed by atoms with Gasteiger partial charge in [0.2, 0.25) is 0 Å². The van der Waals surface area contributed by atoms with Crippen molar-refractivity contribution in [2.24, 2.45) is 0 Å². The fraction of sp³-hybridized carbons (Fsp3) is 0.273. The zero-order valence-corrected chi connectivity index (χ0v) is 13.4. The lowest BCUT2D eigenvalue weighted by Gasteiger charge is -2.31. The van der Waals surface area contributed by atoms with Crippen molar-refractivity contribution in [3.05, 3.63) is 33.3 Å². The molecule has 19 heavy (non-hydrogen) atoms. The zero-order valence-electron chi connectivity index (χ0n) is 8.82. The van der Waals surface area contributed by atoms with Crippen molar-refractivity contribution >= 4 is 69.6 Å². The number of phenols is 2. The summed E-state index contributed by atoms with van der Waals surface area (Å²) in [4.78, 5) is -3.43. The molecule has 2 N–H and O–H groups in total. The fourth-order valence-corrected chi connectivity index (χ4v) is 5.33. The number of hydrogen-bond acceptors (Lipinski definition) is 2. The Hall–Kier alpha value is 0.300. The van der Waals surface area contributed by atoms with Gasteiger partial charge in [-0.05, 0) is 12.1 Å². The molecule has 0 saturated heterocycles. The van der Waals surface area contributed by atoms with E-state index in [1.54, 1.807) is 0 Å². The molecule has 3 rings (SSSR count). The van der Waals surface area contributed by atoms with E-state index in [0.717, 1.165) is 0 Å². The average molecular weight is 381 g/mol. The number of aromatic hydroxyl groups is 2. The molecule has 0 unspecified atom stereocenters. The number of benzene rings is 1. The van der Waals surface area contributed by atoms with Crippen LogP contribution in [0, 0.1) is 0 Å². The molecule has 0 amide bonds. The highest BCUT2D eigenvalue weighted by Crippen LogP contribution is 2.79. The second-order valence-electron chi connectivity index (χ2n) is 4.37. The first kappa shape index (κ1) is 14.2. The standard InChI is InChI=1S/C11H4Cl6O2/c12-7-8(13)10(15)6-4(19)2-1-3(18)5(6)9(7,14)11(10,16)17/h1-2,18-19H/t9-,10-/m0/s1. The van der Waals surface area contributed by atoms with Gasteiger partial charge in [0, 0.05) is 11.1 Å². The number of rotatable bonds is 0. The summed E-state index contributed by atoms with van der Waals surface area (Å²) < 4.78 is -1.85. The van der Waals surface area contributed by atoms with Gasteiger partial charge >= 0.3 is 0 Å². The van der Waals surface area contributed by atoms with Crippen LogP contribution in [-0.4, -0.2) is 14.5 Å². The Bertz CT molecular complexity index is 602. The van der Waals surface area contributed by atoms with Crippen molar-refractivity contribution in [1.82, 2.24) is 0 Å². The largest absolute Gasteiger partial charge is 0.508 e. The topological polar surface area (TPSA) is 40.5 Å². The molecule has 0 aliphatic heterocycles. The lowest BCUT2D eigenvalue weighted by Crippen LogP contribution is -2.39. The van der Waals surface area contributed by atoms with Crippen molar-refractivity contribution in [1.29, 1.82) is 0 Å². The van der Waals surface area contributed by atoms with E-state index in [4.69, 9.17) is 69.6 Å². The molecule has 2 bridgehead atoms. The highest BCUT2D eigenvalue weighted by atomic mass is 35.5. The van der Waals surface area contributed by atoms with Gasteiger partial charge in [0.05, 0.1) is 10.1 Å². The van der Waals surface area contributed by atoms with Gasteiger partial charge < -0.3 is 10.2 Å². The third kappa shape index (κ3) is 1.21. The van der Waals surface area contributed by atoms with E-state index in [1.165, 1.54) is 12.1 Å². The molecule has 0 radical (unpaired) electrons. The van der Waals surface area contributed by atoms with E-state index in [2.05, 4.69) is 0 Å². The third-order valence-corrected chi connectivity index (χ3v) is 7.59. The molecule has 2 atom stereocenters. The summed E-state index contributed by atoms with van der Waals surface area (Å²) in [6.45, 7) is 0. The van der Waals surface area contributed by atoms with Crippen LogP contribution in [0.1, 0.15) is 11.1 Å². The van der Waals surface area contributed by atoms with Crippen LogP contribution in [0.5, 0.6) is 11.5 Å².